The number of rotatable bonds is 4. The molecule has 0 aliphatic carbocycles. The van der Waals surface area contributed by atoms with Gasteiger partial charge in [-0.05, 0) is 56.0 Å². The first-order valence-electron chi connectivity index (χ1n) is 9.39. The van der Waals surface area contributed by atoms with Gasteiger partial charge in [0.2, 0.25) is 0 Å². The summed E-state index contributed by atoms with van der Waals surface area (Å²) in [5.74, 6) is 6.34. The van der Waals surface area contributed by atoms with Gasteiger partial charge in [0.1, 0.15) is 0 Å². The highest BCUT2D eigenvalue weighted by Gasteiger charge is 2.19. The topological polar surface area (TPSA) is 85.9 Å². The molecule has 2 aromatic carbocycles. The maximum atomic E-state index is 12.3. The van der Waals surface area contributed by atoms with Crippen LogP contribution in [0.3, 0.4) is 0 Å². The molecule has 2 N–H and O–H groups in total. The van der Waals surface area contributed by atoms with Gasteiger partial charge in [-0.2, -0.15) is 0 Å². The number of benzene rings is 2. The molecule has 5 nitrogen and oxygen atoms in total. The van der Waals surface area contributed by atoms with Crippen LogP contribution < -0.4 is 5.73 Å². The van der Waals surface area contributed by atoms with E-state index >= 15 is 0 Å². The first-order valence-corrected chi connectivity index (χ1v) is 10.9. The summed E-state index contributed by atoms with van der Waals surface area (Å²) in [5, 5.41) is -0.474. The van der Waals surface area contributed by atoms with E-state index in [1.807, 2.05) is 18.2 Å². The fourth-order valence-electron chi connectivity index (χ4n) is 2.72. The number of nitrogen functional groups attached to an aromatic ring is 1. The van der Waals surface area contributed by atoms with Crippen LogP contribution in [0.1, 0.15) is 37.6 Å². The Morgan fingerprint density at radius 3 is 2.45 bits per heavy atom. The predicted octanol–water partition coefficient (Wildman–Crippen LogP) is 3.87. The van der Waals surface area contributed by atoms with Crippen molar-refractivity contribution in [1.29, 1.82) is 0 Å². The third-order valence-electron chi connectivity index (χ3n) is 4.56. The molecule has 3 aromatic rings. The third-order valence-corrected chi connectivity index (χ3v) is 6.73. The molecule has 6 heteroatoms. The van der Waals surface area contributed by atoms with Crippen molar-refractivity contribution in [3.63, 3.8) is 0 Å². The predicted molar refractivity (Wildman–Crippen MR) is 116 cm³/mol. The smallest absolute Gasteiger partial charge is 0.180 e. The molecule has 1 heterocycles. The minimum atomic E-state index is -3.31. The Labute approximate surface area is 172 Å². The standard InChI is InChI=1S/C23H23N3O2S/c1-4-17-6-5-7-18(14-17)8-13-21-23(24)25-15-22(26-21)19-9-11-20(12-10-19)29(27,28)16(2)3/h5-7,9-12,14-16H,4H2,1-3H3,(H2,24,25). The van der Waals surface area contributed by atoms with Gasteiger partial charge in [-0.25, -0.2) is 18.4 Å². The summed E-state index contributed by atoms with van der Waals surface area (Å²) >= 11 is 0. The van der Waals surface area contributed by atoms with Gasteiger partial charge in [0, 0.05) is 11.1 Å². The van der Waals surface area contributed by atoms with Crippen molar-refractivity contribution in [2.45, 2.75) is 37.3 Å². The molecule has 0 fully saturated rings. The average molecular weight is 406 g/mol. The maximum absolute atomic E-state index is 12.3. The van der Waals surface area contributed by atoms with Crippen molar-refractivity contribution >= 4 is 15.7 Å². The van der Waals surface area contributed by atoms with E-state index in [0.29, 0.717) is 11.4 Å². The van der Waals surface area contributed by atoms with E-state index < -0.39 is 15.1 Å². The number of hydrogen-bond donors (Lipinski definition) is 1. The molecule has 0 aliphatic rings. The van der Waals surface area contributed by atoms with Gasteiger partial charge >= 0.3 is 0 Å². The van der Waals surface area contributed by atoms with E-state index in [9.17, 15) is 8.42 Å². The van der Waals surface area contributed by atoms with Crippen LogP contribution >= 0.6 is 0 Å². The molecule has 0 saturated carbocycles. The molecule has 0 aliphatic heterocycles. The molecular weight excluding hydrogens is 382 g/mol. The van der Waals surface area contributed by atoms with Crippen LogP contribution in [0.25, 0.3) is 11.3 Å². The van der Waals surface area contributed by atoms with Crippen LogP contribution in [0.5, 0.6) is 0 Å². The Balaban J connectivity index is 1.93. The van der Waals surface area contributed by atoms with Crippen molar-refractivity contribution in [3.05, 3.63) is 71.5 Å². The number of nitrogens with two attached hydrogens (primary N) is 1. The summed E-state index contributed by atoms with van der Waals surface area (Å²) in [6.07, 6.45) is 2.50. The first kappa shape index (κ1) is 20.6. The summed E-state index contributed by atoms with van der Waals surface area (Å²) in [6.45, 7) is 5.42. The van der Waals surface area contributed by atoms with Crippen LogP contribution in [0, 0.1) is 11.8 Å². The molecule has 0 amide bonds. The number of nitrogens with zero attached hydrogens (tertiary/aromatic N) is 2. The van der Waals surface area contributed by atoms with Crippen molar-refractivity contribution in [2.24, 2.45) is 0 Å². The minimum absolute atomic E-state index is 0.256. The molecule has 3 rings (SSSR count). The van der Waals surface area contributed by atoms with E-state index in [4.69, 9.17) is 5.73 Å². The van der Waals surface area contributed by atoms with Gasteiger partial charge in [-0.1, -0.05) is 37.1 Å². The Kier molecular flexibility index (Phi) is 6.00. The molecule has 148 valence electrons. The number of aryl methyl sites for hydroxylation is 1. The Bertz CT molecular complexity index is 1190. The maximum Gasteiger partial charge on any atom is 0.180 e. The van der Waals surface area contributed by atoms with Crippen LogP contribution in [-0.4, -0.2) is 23.6 Å². The lowest BCUT2D eigenvalue weighted by atomic mass is 10.1. The Morgan fingerprint density at radius 1 is 1.07 bits per heavy atom. The second-order valence-electron chi connectivity index (χ2n) is 6.91. The van der Waals surface area contributed by atoms with E-state index in [2.05, 4.69) is 34.8 Å². The van der Waals surface area contributed by atoms with Gasteiger partial charge < -0.3 is 5.73 Å². The third kappa shape index (κ3) is 4.64. The van der Waals surface area contributed by atoms with E-state index in [0.717, 1.165) is 17.5 Å². The van der Waals surface area contributed by atoms with Crippen molar-refractivity contribution in [3.8, 4) is 23.1 Å². The van der Waals surface area contributed by atoms with Gasteiger partial charge in [0.15, 0.2) is 21.3 Å². The van der Waals surface area contributed by atoms with Gasteiger partial charge in [0.25, 0.3) is 0 Å². The van der Waals surface area contributed by atoms with Crippen LogP contribution in [-0.2, 0) is 16.3 Å². The largest absolute Gasteiger partial charge is 0.381 e. The highest BCUT2D eigenvalue weighted by Crippen LogP contribution is 2.22. The molecule has 0 radical (unpaired) electrons. The van der Waals surface area contributed by atoms with Crippen molar-refractivity contribution < 1.29 is 8.42 Å². The number of sulfone groups is 1. The zero-order valence-corrected chi connectivity index (χ0v) is 17.5. The summed E-state index contributed by atoms with van der Waals surface area (Å²) in [5.41, 5.74) is 9.77. The number of hydrogen-bond acceptors (Lipinski definition) is 5. The lowest BCUT2D eigenvalue weighted by Gasteiger charge is -2.08. The second-order valence-corrected chi connectivity index (χ2v) is 9.42. The fraction of sp³-hybridized carbons (Fsp3) is 0.217. The van der Waals surface area contributed by atoms with Crippen LogP contribution in [0.4, 0.5) is 5.82 Å². The summed E-state index contributed by atoms with van der Waals surface area (Å²) in [6, 6.07) is 14.6. The Hall–Kier alpha value is -3.17. The SMILES string of the molecule is CCc1cccc(C#Cc2nc(-c3ccc(S(=O)(=O)C(C)C)cc3)cnc2N)c1. The normalized spacial score (nSPS) is 11.2. The van der Waals surface area contributed by atoms with Crippen molar-refractivity contribution in [1.82, 2.24) is 9.97 Å². The van der Waals surface area contributed by atoms with Gasteiger partial charge in [-0.3, -0.25) is 0 Å². The van der Waals surface area contributed by atoms with E-state index in [1.165, 1.54) is 5.56 Å². The quantitative estimate of drug-likeness (QED) is 0.666. The number of aromatic nitrogens is 2. The second kappa shape index (κ2) is 8.46. The minimum Gasteiger partial charge on any atom is -0.381 e. The molecule has 0 bridgehead atoms. The zero-order chi connectivity index (χ0) is 21.0. The van der Waals surface area contributed by atoms with Crippen molar-refractivity contribution in [2.75, 3.05) is 5.73 Å². The summed E-state index contributed by atoms with van der Waals surface area (Å²) in [7, 11) is -3.31. The molecule has 0 atom stereocenters. The highest BCUT2D eigenvalue weighted by molar-refractivity contribution is 7.92. The lowest BCUT2D eigenvalue weighted by molar-refractivity contribution is 0.587. The Morgan fingerprint density at radius 2 is 1.79 bits per heavy atom. The first-order chi connectivity index (χ1) is 13.8. The zero-order valence-electron chi connectivity index (χ0n) is 16.7. The molecule has 0 spiro atoms. The highest BCUT2D eigenvalue weighted by atomic mass is 32.2. The van der Waals surface area contributed by atoms with Crippen LogP contribution in [0.15, 0.2) is 59.6 Å². The van der Waals surface area contributed by atoms with Crippen LogP contribution in [0.2, 0.25) is 0 Å². The average Bonchev–Trinajstić information content (AvgIpc) is 2.73. The van der Waals surface area contributed by atoms with Gasteiger partial charge in [-0.15, -0.1) is 0 Å². The fourth-order valence-corrected chi connectivity index (χ4v) is 3.78. The molecule has 1 aromatic heterocycles. The monoisotopic (exact) mass is 405 g/mol. The van der Waals surface area contributed by atoms with E-state index in [-0.39, 0.29) is 10.7 Å². The lowest BCUT2D eigenvalue weighted by Crippen LogP contribution is -2.13. The van der Waals surface area contributed by atoms with Gasteiger partial charge in [0.05, 0.1) is 22.0 Å². The molecule has 0 saturated heterocycles. The number of anilines is 1. The summed E-state index contributed by atoms with van der Waals surface area (Å²) in [4.78, 5) is 9.00. The summed E-state index contributed by atoms with van der Waals surface area (Å²) < 4.78 is 24.6. The molecular formula is C23H23N3O2S. The molecule has 29 heavy (non-hydrogen) atoms. The molecule has 0 unspecified atom stereocenters. The van der Waals surface area contributed by atoms with E-state index in [1.54, 1.807) is 44.3 Å².